The van der Waals surface area contributed by atoms with Crippen LogP contribution in [-0.4, -0.2) is 36.6 Å². The maximum absolute atomic E-state index is 11.9. The molecule has 1 heterocycles. The molecule has 4 nitrogen and oxygen atoms in total. The topological polar surface area (TPSA) is 44.4 Å². The summed E-state index contributed by atoms with van der Waals surface area (Å²) in [4.78, 5) is 11.9. The van der Waals surface area contributed by atoms with E-state index in [-0.39, 0.29) is 11.8 Å². The van der Waals surface area contributed by atoms with Crippen molar-refractivity contribution in [2.75, 3.05) is 13.6 Å². The van der Waals surface area contributed by atoms with Crippen molar-refractivity contribution < 1.29 is 4.79 Å². The number of hydrogen-bond donors (Lipinski definition) is 2. The van der Waals surface area contributed by atoms with Gasteiger partial charge < -0.3 is 5.32 Å². The molecule has 0 radical (unpaired) electrons. The Labute approximate surface area is 98.7 Å². The van der Waals surface area contributed by atoms with Gasteiger partial charge in [-0.15, -0.1) is 0 Å². The van der Waals surface area contributed by atoms with Gasteiger partial charge in [-0.3, -0.25) is 10.2 Å². The summed E-state index contributed by atoms with van der Waals surface area (Å²) in [6, 6.07) is 0.906. The molecule has 4 heteroatoms. The van der Waals surface area contributed by atoms with E-state index in [9.17, 15) is 4.79 Å². The molecule has 0 aliphatic carbocycles. The van der Waals surface area contributed by atoms with E-state index in [1.807, 2.05) is 14.0 Å². The second kappa shape index (κ2) is 6.21. The smallest absolute Gasteiger partial charge is 0.238 e. The normalized spacial score (nSPS) is 28.8. The molecule has 1 saturated heterocycles. The van der Waals surface area contributed by atoms with Gasteiger partial charge in [0.05, 0.1) is 0 Å². The van der Waals surface area contributed by atoms with Crippen LogP contribution in [0.25, 0.3) is 0 Å². The third-order valence-electron chi connectivity index (χ3n) is 3.39. The monoisotopic (exact) mass is 227 g/mol. The summed E-state index contributed by atoms with van der Waals surface area (Å²) in [6.45, 7) is 7.03. The molecule has 0 bridgehead atoms. The first-order valence-corrected chi connectivity index (χ1v) is 6.29. The van der Waals surface area contributed by atoms with Crippen molar-refractivity contribution >= 4 is 5.91 Å². The summed E-state index contributed by atoms with van der Waals surface area (Å²) in [7, 11) is 1.87. The Morgan fingerprint density at radius 3 is 2.44 bits per heavy atom. The van der Waals surface area contributed by atoms with Gasteiger partial charge in [0.25, 0.3) is 0 Å². The van der Waals surface area contributed by atoms with Crippen LogP contribution in [0, 0.1) is 5.92 Å². The highest BCUT2D eigenvalue weighted by Gasteiger charge is 2.27. The first-order valence-electron chi connectivity index (χ1n) is 6.29. The second-order valence-electron chi connectivity index (χ2n) is 4.97. The fourth-order valence-corrected chi connectivity index (χ4v) is 2.28. The number of hydrazine groups is 1. The molecule has 0 aromatic carbocycles. The van der Waals surface area contributed by atoms with Gasteiger partial charge in [-0.25, -0.2) is 5.01 Å². The lowest BCUT2D eigenvalue weighted by Crippen LogP contribution is -2.55. The number of rotatable bonds is 4. The Balaban J connectivity index is 2.47. The molecule has 1 aliphatic rings. The number of hydrogen-bond acceptors (Lipinski definition) is 3. The minimum atomic E-state index is 0.0197. The van der Waals surface area contributed by atoms with Gasteiger partial charge >= 0.3 is 0 Å². The van der Waals surface area contributed by atoms with Crippen LogP contribution >= 0.6 is 0 Å². The highest BCUT2D eigenvalue weighted by Crippen LogP contribution is 2.20. The number of carbonyl (C=O) groups excluding carboxylic acids is 1. The number of carbonyl (C=O) groups is 1. The summed E-state index contributed by atoms with van der Waals surface area (Å²) in [6.07, 6.45) is 3.61. The third kappa shape index (κ3) is 3.46. The molecular formula is C12H25N3O. The predicted octanol–water partition coefficient (Wildman–Crippen LogP) is 1.14. The van der Waals surface area contributed by atoms with Crippen molar-refractivity contribution in [1.29, 1.82) is 0 Å². The highest BCUT2D eigenvalue weighted by molar-refractivity contribution is 5.78. The molecule has 0 aromatic heterocycles. The number of nitrogens with one attached hydrogen (secondary N) is 2. The summed E-state index contributed by atoms with van der Waals surface area (Å²) in [5.74, 6) is 0.140. The zero-order valence-corrected chi connectivity index (χ0v) is 10.9. The van der Waals surface area contributed by atoms with Gasteiger partial charge in [0.2, 0.25) is 5.91 Å². The van der Waals surface area contributed by atoms with Gasteiger partial charge in [-0.1, -0.05) is 13.3 Å². The van der Waals surface area contributed by atoms with E-state index in [2.05, 4.69) is 29.6 Å². The van der Waals surface area contributed by atoms with Crippen LogP contribution in [0.3, 0.4) is 0 Å². The minimum absolute atomic E-state index is 0.0197. The molecule has 2 N–H and O–H groups in total. The Morgan fingerprint density at radius 1 is 1.38 bits per heavy atom. The van der Waals surface area contributed by atoms with Crippen molar-refractivity contribution in [2.45, 2.75) is 52.1 Å². The average Bonchev–Trinajstić information content (AvgIpc) is 2.23. The maximum Gasteiger partial charge on any atom is 0.238 e. The summed E-state index contributed by atoms with van der Waals surface area (Å²) >= 11 is 0. The maximum atomic E-state index is 11.9. The van der Waals surface area contributed by atoms with Crippen molar-refractivity contribution in [3.8, 4) is 0 Å². The van der Waals surface area contributed by atoms with Gasteiger partial charge in [0.15, 0.2) is 0 Å². The lowest BCUT2D eigenvalue weighted by atomic mass is 10.00. The first-order chi connectivity index (χ1) is 7.56. The van der Waals surface area contributed by atoms with Gasteiger partial charge in [-0.2, -0.15) is 0 Å². The molecule has 16 heavy (non-hydrogen) atoms. The third-order valence-corrected chi connectivity index (χ3v) is 3.39. The van der Waals surface area contributed by atoms with Crippen LogP contribution in [-0.2, 0) is 4.79 Å². The molecule has 0 aromatic rings. The standard InChI is InChI=1S/C12H25N3O/c1-9(8-13-4)12(16)14-15-10(2)6-5-7-11(15)3/h9-11,13H,5-8H2,1-4H3,(H,14,16). The number of nitrogens with zero attached hydrogens (tertiary/aromatic N) is 1. The molecule has 94 valence electrons. The Bertz CT molecular complexity index is 222. The molecule has 1 rings (SSSR count). The highest BCUT2D eigenvalue weighted by atomic mass is 16.2. The average molecular weight is 227 g/mol. The molecule has 0 saturated carbocycles. The first kappa shape index (κ1) is 13.5. The second-order valence-corrected chi connectivity index (χ2v) is 4.97. The SMILES string of the molecule is CNCC(C)C(=O)NN1C(C)CCCC1C. The zero-order chi connectivity index (χ0) is 12.1. The van der Waals surface area contributed by atoms with E-state index in [0.717, 1.165) is 6.54 Å². The van der Waals surface area contributed by atoms with Crippen LogP contribution < -0.4 is 10.7 Å². The van der Waals surface area contributed by atoms with E-state index in [1.165, 1.54) is 19.3 Å². The van der Waals surface area contributed by atoms with Crippen LogP contribution in [0.5, 0.6) is 0 Å². The fourth-order valence-electron chi connectivity index (χ4n) is 2.28. The minimum Gasteiger partial charge on any atom is -0.319 e. The molecule has 1 amide bonds. The van der Waals surface area contributed by atoms with Crippen LogP contribution in [0.15, 0.2) is 0 Å². The molecule has 3 unspecified atom stereocenters. The largest absolute Gasteiger partial charge is 0.319 e. The van der Waals surface area contributed by atoms with Crippen molar-refractivity contribution in [1.82, 2.24) is 15.8 Å². The van der Waals surface area contributed by atoms with Gasteiger partial charge in [0.1, 0.15) is 0 Å². The Kier molecular flexibility index (Phi) is 5.22. The summed E-state index contributed by atoms with van der Waals surface area (Å²) < 4.78 is 0. The number of amides is 1. The zero-order valence-electron chi connectivity index (χ0n) is 10.9. The summed E-state index contributed by atoms with van der Waals surface area (Å²) in [5, 5.41) is 5.15. The molecular weight excluding hydrogens is 202 g/mol. The van der Waals surface area contributed by atoms with E-state index in [1.54, 1.807) is 0 Å². The van der Waals surface area contributed by atoms with Gasteiger partial charge in [-0.05, 0) is 33.7 Å². The predicted molar refractivity (Wildman–Crippen MR) is 65.8 cm³/mol. The number of piperidine rings is 1. The van der Waals surface area contributed by atoms with E-state index in [0.29, 0.717) is 12.1 Å². The van der Waals surface area contributed by atoms with Crippen molar-refractivity contribution in [2.24, 2.45) is 5.92 Å². The fraction of sp³-hybridized carbons (Fsp3) is 0.917. The quantitative estimate of drug-likeness (QED) is 0.757. The molecule has 1 fully saturated rings. The lowest BCUT2D eigenvalue weighted by Gasteiger charge is -2.39. The van der Waals surface area contributed by atoms with Crippen molar-refractivity contribution in [3.05, 3.63) is 0 Å². The van der Waals surface area contributed by atoms with Crippen LogP contribution in [0.1, 0.15) is 40.0 Å². The summed E-state index contributed by atoms with van der Waals surface area (Å²) in [5.41, 5.74) is 3.06. The van der Waals surface area contributed by atoms with Crippen LogP contribution in [0.4, 0.5) is 0 Å². The Hall–Kier alpha value is -0.610. The molecule has 3 atom stereocenters. The van der Waals surface area contributed by atoms with E-state index < -0.39 is 0 Å². The van der Waals surface area contributed by atoms with Crippen LogP contribution in [0.2, 0.25) is 0 Å². The van der Waals surface area contributed by atoms with Gasteiger partial charge in [0, 0.05) is 24.5 Å². The Morgan fingerprint density at radius 2 is 1.94 bits per heavy atom. The van der Waals surface area contributed by atoms with E-state index in [4.69, 9.17) is 0 Å². The van der Waals surface area contributed by atoms with Crippen molar-refractivity contribution in [3.63, 3.8) is 0 Å². The molecule has 0 spiro atoms. The lowest BCUT2D eigenvalue weighted by molar-refractivity contribution is -0.132. The molecule has 1 aliphatic heterocycles. The van der Waals surface area contributed by atoms with E-state index >= 15 is 0 Å².